The average Bonchev–Trinajstić information content (AvgIpc) is 2.41. The fourth-order valence-corrected chi connectivity index (χ4v) is 2.26. The second-order valence-electron chi connectivity index (χ2n) is 4.91. The number of hydrogen-bond acceptors (Lipinski definition) is 4. The number of methoxy groups -OCH3 is 1. The summed E-state index contributed by atoms with van der Waals surface area (Å²) in [5.41, 5.74) is 0.248. The van der Waals surface area contributed by atoms with Crippen molar-refractivity contribution in [2.45, 2.75) is 31.8 Å². The van der Waals surface area contributed by atoms with Gasteiger partial charge in [-0.3, -0.25) is 4.79 Å². The Bertz CT molecular complexity index is 454. The molecule has 1 aromatic rings. The predicted octanol–water partition coefficient (Wildman–Crippen LogP) is 1.27. The molecule has 0 spiro atoms. The van der Waals surface area contributed by atoms with Gasteiger partial charge in [0.2, 0.25) is 0 Å². The number of benzene rings is 1. The number of phenolic OH excluding ortho intramolecular Hbond substituents is 1. The van der Waals surface area contributed by atoms with Crippen molar-refractivity contribution in [3.05, 3.63) is 23.8 Å². The fraction of sp³-hybridized carbons (Fsp3) is 0.500. The van der Waals surface area contributed by atoms with Crippen LogP contribution >= 0.6 is 0 Å². The van der Waals surface area contributed by atoms with E-state index in [0.29, 0.717) is 11.8 Å². The van der Waals surface area contributed by atoms with Crippen molar-refractivity contribution in [1.29, 1.82) is 0 Å². The molecule has 104 valence electrons. The molecule has 2 rings (SSSR count). The van der Waals surface area contributed by atoms with E-state index in [4.69, 9.17) is 4.74 Å². The molecule has 0 radical (unpaired) electrons. The number of ether oxygens (including phenoxy) is 1. The third-order valence-corrected chi connectivity index (χ3v) is 3.46. The van der Waals surface area contributed by atoms with E-state index in [1.165, 1.54) is 7.11 Å². The van der Waals surface area contributed by atoms with Crippen molar-refractivity contribution in [1.82, 2.24) is 10.6 Å². The Kier molecular flexibility index (Phi) is 4.27. The van der Waals surface area contributed by atoms with Crippen LogP contribution in [0.25, 0.3) is 0 Å². The van der Waals surface area contributed by atoms with Crippen LogP contribution in [0.4, 0.5) is 0 Å². The molecule has 1 aromatic carbocycles. The predicted molar refractivity (Wildman–Crippen MR) is 72.6 cm³/mol. The zero-order valence-corrected chi connectivity index (χ0v) is 11.3. The first-order valence-electron chi connectivity index (χ1n) is 6.52. The van der Waals surface area contributed by atoms with Gasteiger partial charge in [-0.1, -0.05) is 6.07 Å². The van der Waals surface area contributed by atoms with E-state index in [1.807, 2.05) is 0 Å². The molecular formula is C14H20N2O3. The Morgan fingerprint density at radius 1 is 1.47 bits per heavy atom. The molecule has 3 N–H and O–H groups in total. The summed E-state index contributed by atoms with van der Waals surface area (Å²) < 4.78 is 5.00. The average molecular weight is 264 g/mol. The summed E-state index contributed by atoms with van der Waals surface area (Å²) in [5.74, 6) is -0.0690. The van der Waals surface area contributed by atoms with Gasteiger partial charge in [-0.15, -0.1) is 0 Å². The highest BCUT2D eigenvalue weighted by molar-refractivity contribution is 5.97. The Balaban J connectivity index is 2.04. The maximum Gasteiger partial charge on any atom is 0.255 e. The molecule has 0 bridgehead atoms. The molecule has 5 heteroatoms. The summed E-state index contributed by atoms with van der Waals surface area (Å²) in [4.78, 5) is 12.1. The van der Waals surface area contributed by atoms with E-state index in [1.54, 1.807) is 18.2 Å². The van der Waals surface area contributed by atoms with Crippen LogP contribution in [0, 0.1) is 0 Å². The number of phenols is 1. The third-order valence-electron chi connectivity index (χ3n) is 3.46. The van der Waals surface area contributed by atoms with Crippen molar-refractivity contribution < 1.29 is 14.6 Å². The lowest BCUT2D eigenvalue weighted by atomic mass is 10.0. The van der Waals surface area contributed by atoms with Gasteiger partial charge in [0.25, 0.3) is 5.91 Å². The van der Waals surface area contributed by atoms with Crippen LogP contribution in [-0.4, -0.2) is 36.8 Å². The topological polar surface area (TPSA) is 70.6 Å². The van der Waals surface area contributed by atoms with Gasteiger partial charge in [0, 0.05) is 18.6 Å². The quantitative estimate of drug-likeness (QED) is 0.769. The number of rotatable bonds is 3. The number of carbonyl (C=O) groups is 1. The standard InChI is InChI=1S/C14H20N2O3/c1-9-6-7-10(8-15-9)16-14(18)11-4-3-5-12(19-2)13(11)17/h3-5,9-10,15,17H,6-8H2,1-2H3,(H,16,18). The molecule has 1 saturated heterocycles. The lowest BCUT2D eigenvalue weighted by Gasteiger charge is -2.28. The first kappa shape index (κ1) is 13.7. The van der Waals surface area contributed by atoms with Crippen LogP contribution < -0.4 is 15.4 Å². The molecule has 2 atom stereocenters. The summed E-state index contributed by atoms with van der Waals surface area (Å²) in [7, 11) is 1.46. The van der Waals surface area contributed by atoms with E-state index in [2.05, 4.69) is 17.6 Å². The van der Waals surface area contributed by atoms with Crippen molar-refractivity contribution in [2.24, 2.45) is 0 Å². The highest BCUT2D eigenvalue weighted by atomic mass is 16.5. The maximum absolute atomic E-state index is 12.1. The monoisotopic (exact) mass is 264 g/mol. The number of para-hydroxylation sites is 1. The first-order valence-corrected chi connectivity index (χ1v) is 6.52. The zero-order valence-electron chi connectivity index (χ0n) is 11.3. The Hall–Kier alpha value is -1.75. The molecule has 5 nitrogen and oxygen atoms in total. The van der Waals surface area contributed by atoms with Crippen LogP contribution in [0.5, 0.6) is 11.5 Å². The largest absolute Gasteiger partial charge is 0.504 e. The van der Waals surface area contributed by atoms with Gasteiger partial charge in [-0.2, -0.15) is 0 Å². The minimum Gasteiger partial charge on any atom is -0.504 e. The number of amides is 1. The van der Waals surface area contributed by atoms with E-state index in [0.717, 1.165) is 19.4 Å². The third kappa shape index (κ3) is 3.17. The highest BCUT2D eigenvalue weighted by Gasteiger charge is 2.21. The van der Waals surface area contributed by atoms with Gasteiger partial charge in [0.15, 0.2) is 11.5 Å². The number of carbonyl (C=O) groups excluding carboxylic acids is 1. The van der Waals surface area contributed by atoms with Gasteiger partial charge in [-0.25, -0.2) is 0 Å². The molecule has 19 heavy (non-hydrogen) atoms. The number of piperidine rings is 1. The highest BCUT2D eigenvalue weighted by Crippen LogP contribution is 2.29. The molecular weight excluding hydrogens is 244 g/mol. The second-order valence-corrected chi connectivity index (χ2v) is 4.91. The van der Waals surface area contributed by atoms with Gasteiger partial charge in [0.05, 0.1) is 12.7 Å². The van der Waals surface area contributed by atoms with Crippen LogP contribution in [0.15, 0.2) is 18.2 Å². The van der Waals surface area contributed by atoms with Crippen LogP contribution in [0.3, 0.4) is 0 Å². The van der Waals surface area contributed by atoms with Crippen molar-refractivity contribution in [3.8, 4) is 11.5 Å². The van der Waals surface area contributed by atoms with Crippen LogP contribution in [0.2, 0.25) is 0 Å². The Morgan fingerprint density at radius 3 is 2.89 bits per heavy atom. The molecule has 0 aromatic heterocycles. The molecule has 1 aliphatic rings. The molecule has 0 aliphatic carbocycles. The van der Waals surface area contributed by atoms with Crippen molar-refractivity contribution in [2.75, 3.05) is 13.7 Å². The Morgan fingerprint density at radius 2 is 2.26 bits per heavy atom. The maximum atomic E-state index is 12.1. The van der Waals surface area contributed by atoms with E-state index in [-0.39, 0.29) is 23.3 Å². The molecule has 1 aliphatic heterocycles. The van der Waals surface area contributed by atoms with Crippen LogP contribution in [0.1, 0.15) is 30.1 Å². The zero-order chi connectivity index (χ0) is 13.8. The molecule has 1 heterocycles. The lowest BCUT2D eigenvalue weighted by molar-refractivity contribution is 0.0924. The number of aromatic hydroxyl groups is 1. The fourth-order valence-electron chi connectivity index (χ4n) is 2.26. The van der Waals surface area contributed by atoms with Crippen molar-refractivity contribution in [3.63, 3.8) is 0 Å². The van der Waals surface area contributed by atoms with Gasteiger partial charge in [0.1, 0.15) is 0 Å². The lowest BCUT2D eigenvalue weighted by Crippen LogP contribution is -2.48. The minimum atomic E-state index is -0.266. The summed E-state index contributed by atoms with van der Waals surface area (Å²) in [6.45, 7) is 2.89. The molecule has 1 fully saturated rings. The molecule has 2 unspecified atom stereocenters. The number of hydrogen-bond donors (Lipinski definition) is 3. The minimum absolute atomic E-state index is 0.106. The summed E-state index contributed by atoms with van der Waals surface area (Å²) >= 11 is 0. The number of nitrogens with one attached hydrogen (secondary N) is 2. The van der Waals surface area contributed by atoms with E-state index < -0.39 is 0 Å². The van der Waals surface area contributed by atoms with Gasteiger partial charge >= 0.3 is 0 Å². The molecule has 0 saturated carbocycles. The van der Waals surface area contributed by atoms with E-state index >= 15 is 0 Å². The Labute approximate surface area is 113 Å². The molecule has 1 amide bonds. The second kappa shape index (κ2) is 5.93. The summed E-state index contributed by atoms with van der Waals surface area (Å²) in [6.07, 6.45) is 1.99. The first-order chi connectivity index (χ1) is 9.11. The normalized spacial score (nSPS) is 22.8. The van der Waals surface area contributed by atoms with Gasteiger partial charge < -0.3 is 20.5 Å². The van der Waals surface area contributed by atoms with E-state index in [9.17, 15) is 9.90 Å². The smallest absolute Gasteiger partial charge is 0.255 e. The SMILES string of the molecule is COc1cccc(C(=O)NC2CCC(C)NC2)c1O. The van der Waals surface area contributed by atoms with Gasteiger partial charge in [-0.05, 0) is 31.9 Å². The van der Waals surface area contributed by atoms with Crippen molar-refractivity contribution >= 4 is 5.91 Å². The summed E-state index contributed by atoms with van der Waals surface area (Å²) in [6, 6.07) is 5.50. The van der Waals surface area contributed by atoms with Crippen LogP contribution in [-0.2, 0) is 0 Å². The summed E-state index contributed by atoms with van der Waals surface area (Å²) in [5, 5.41) is 16.2.